The largest absolute Gasteiger partial charge is 0.511 e. The third-order valence-electron chi connectivity index (χ3n) is 4.12. The molecule has 1 heterocycles. The molecule has 5 heteroatoms. The monoisotopic (exact) mass is 314 g/mol. The summed E-state index contributed by atoms with van der Waals surface area (Å²) in [6.07, 6.45) is 0.150. The van der Waals surface area contributed by atoms with Crippen LogP contribution in [0.2, 0.25) is 0 Å². The van der Waals surface area contributed by atoms with Crippen molar-refractivity contribution in [3.63, 3.8) is 0 Å². The smallest absolute Gasteiger partial charge is 0.338 e. The fourth-order valence-electron chi connectivity index (χ4n) is 3.16. The van der Waals surface area contributed by atoms with Gasteiger partial charge in [0, 0.05) is 6.42 Å². The summed E-state index contributed by atoms with van der Waals surface area (Å²) in [5, 5.41) is 10.4. The van der Waals surface area contributed by atoms with Crippen LogP contribution in [-0.4, -0.2) is 30.3 Å². The van der Waals surface area contributed by atoms with Crippen molar-refractivity contribution >= 4 is 11.9 Å². The second kappa shape index (κ2) is 5.91. The minimum absolute atomic E-state index is 0.0491. The number of hydrogen-bond donors (Lipinski definition) is 1. The van der Waals surface area contributed by atoms with Crippen molar-refractivity contribution in [2.75, 3.05) is 13.2 Å². The Morgan fingerprint density at radius 3 is 2.91 bits per heavy atom. The van der Waals surface area contributed by atoms with Crippen molar-refractivity contribution in [3.05, 3.63) is 57.9 Å². The van der Waals surface area contributed by atoms with Crippen LogP contribution in [0.3, 0.4) is 0 Å². The molecule has 3 rings (SSSR count). The van der Waals surface area contributed by atoms with E-state index >= 15 is 0 Å². The highest BCUT2D eigenvalue weighted by Crippen LogP contribution is 2.44. The van der Waals surface area contributed by atoms with Gasteiger partial charge < -0.3 is 14.6 Å². The Hall–Kier alpha value is -2.56. The second-order valence-corrected chi connectivity index (χ2v) is 5.70. The van der Waals surface area contributed by atoms with Gasteiger partial charge in [0.1, 0.15) is 12.4 Å². The van der Waals surface area contributed by atoms with Gasteiger partial charge >= 0.3 is 11.9 Å². The average molecular weight is 314 g/mol. The first-order chi connectivity index (χ1) is 11.0. The van der Waals surface area contributed by atoms with Gasteiger partial charge in [-0.3, -0.25) is 0 Å². The average Bonchev–Trinajstić information content (AvgIpc) is 2.87. The molecular formula is C18H18O5. The highest BCUT2D eigenvalue weighted by molar-refractivity contribution is 6.01. The minimum Gasteiger partial charge on any atom is -0.511 e. The topological polar surface area (TPSA) is 72.8 Å². The Labute approximate surface area is 134 Å². The molecule has 1 unspecified atom stereocenters. The second-order valence-electron chi connectivity index (χ2n) is 5.70. The molecule has 1 atom stereocenters. The minimum atomic E-state index is -0.646. The summed E-state index contributed by atoms with van der Waals surface area (Å²) in [5.41, 5.74) is 3.09. The molecule has 0 amide bonds. The maximum absolute atomic E-state index is 12.4. The van der Waals surface area contributed by atoms with E-state index in [1.165, 1.54) is 0 Å². The van der Waals surface area contributed by atoms with Gasteiger partial charge in [-0.15, -0.1) is 0 Å². The molecule has 0 aromatic heterocycles. The van der Waals surface area contributed by atoms with Crippen molar-refractivity contribution in [2.24, 2.45) is 0 Å². The molecule has 0 saturated carbocycles. The SMILES string of the molecule is CCOC(=O)C1=C(O)CC2=C(C(=O)OC2)C1c1cccc(C)c1. The van der Waals surface area contributed by atoms with Gasteiger partial charge in [0.05, 0.1) is 23.7 Å². The quantitative estimate of drug-likeness (QED) is 0.868. The van der Waals surface area contributed by atoms with Crippen LogP contribution in [0.15, 0.2) is 46.7 Å². The van der Waals surface area contributed by atoms with Gasteiger partial charge in [0.25, 0.3) is 0 Å². The number of ether oxygens (including phenoxy) is 2. The Bertz CT molecular complexity index is 742. The van der Waals surface area contributed by atoms with Crippen LogP contribution >= 0.6 is 0 Å². The standard InChI is InChI=1S/C18H18O5/c1-3-22-18(21)16-13(19)8-12-9-23-17(20)15(12)14(16)11-6-4-5-10(2)7-11/h4-7,14,19H,3,8-9H2,1-2H3. The van der Waals surface area contributed by atoms with Gasteiger partial charge in [-0.25, -0.2) is 9.59 Å². The first-order valence-electron chi connectivity index (χ1n) is 7.57. The van der Waals surface area contributed by atoms with Gasteiger partial charge in [-0.2, -0.15) is 0 Å². The van der Waals surface area contributed by atoms with Crippen LogP contribution in [0, 0.1) is 6.92 Å². The Morgan fingerprint density at radius 2 is 2.22 bits per heavy atom. The summed E-state index contributed by atoms with van der Waals surface area (Å²) >= 11 is 0. The number of aryl methyl sites for hydroxylation is 1. The van der Waals surface area contributed by atoms with Crippen molar-refractivity contribution in [1.29, 1.82) is 0 Å². The van der Waals surface area contributed by atoms with E-state index in [9.17, 15) is 14.7 Å². The molecular weight excluding hydrogens is 296 g/mol. The fraction of sp³-hybridized carbons (Fsp3) is 0.333. The van der Waals surface area contributed by atoms with E-state index in [1.54, 1.807) is 6.92 Å². The Morgan fingerprint density at radius 1 is 1.43 bits per heavy atom. The van der Waals surface area contributed by atoms with Crippen LogP contribution < -0.4 is 0 Å². The zero-order valence-electron chi connectivity index (χ0n) is 13.1. The summed E-state index contributed by atoms with van der Waals surface area (Å²) < 4.78 is 10.2. The van der Waals surface area contributed by atoms with Crippen LogP contribution in [0.1, 0.15) is 30.4 Å². The zero-order valence-corrected chi connectivity index (χ0v) is 13.1. The Kier molecular flexibility index (Phi) is 3.94. The molecule has 1 aromatic rings. The molecule has 1 aliphatic heterocycles. The summed E-state index contributed by atoms with van der Waals surface area (Å²) in [4.78, 5) is 24.5. The lowest BCUT2D eigenvalue weighted by Gasteiger charge is -2.25. The molecule has 5 nitrogen and oxygen atoms in total. The molecule has 0 radical (unpaired) electrons. The lowest BCUT2D eigenvalue weighted by atomic mass is 9.77. The van der Waals surface area contributed by atoms with Crippen LogP contribution in [-0.2, 0) is 19.1 Å². The number of cyclic esters (lactones) is 1. The number of allylic oxidation sites excluding steroid dienone is 1. The van der Waals surface area contributed by atoms with Crippen molar-refractivity contribution in [1.82, 2.24) is 0 Å². The molecule has 0 bridgehead atoms. The van der Waals surface area contributed by atoms with E-state index in [-0.39, 0.29) is 31.0 Å². The number of esters is 2. The summed E-state index contributed by atoms with van der Waals surface area (Å²) in [7, 11) is 0. The van der Waals surface area contributed by atoms with Gasteiger partial charge in [0.2, 0.25) is 0 Å². The first-order valence-corrected chi connectivity index (χ1v) is 7.57. The number of benzene rings is 1. The molecule has 1 aliphatic carbocycles. The molecule has 0 spiro atoms. The first kappa shape index (κ1) is 15.3. The number of aliphatic hydroxyl groups excluding tert-OH is 1. The molecule has 1 aromatic carbocycles. The van der Waals surface area contributed by atoms with Crippen LogP contribution in [0.25, 0.3) is 0 Å². The number of carbonyl (C=O) groups excluding carboxylic acids is 2. The van der Waals surface area contributed by atoms with Crippen molar-refractivity contribution in [3.8, 4) is 0 Å². The highest BCUT2D eigenvalue weighted by Gasteiger charge is 2.42. The molecule has 120 valence electrons. The lowest BCUT2D eigenvalue weighted by molar-refractivity contribution is -0.139. The fourth-order valence-corrected chi connectivity index (χ4v) is 3.16. The van der Waals surface area contributed by atoms with Crippen LogP contribution in [0.5, 0.6) is 0 Å². The lowest BCUT2D eigenvalue weighted by Crippen LogP contribution is -2.24. The predicted octanol–water partition coefficient (Wildman–Crippen LogP) is 2.71. The van der Waals surface area contributed by atoms with E-state index in [1.807, 2.05) is 31.2 Å². The normalized spacial score (nSPS) is 20.4. The number of aliphatic hydroxyl groups is 1. The third-order valence-corrected chi connectivity index (χ3v) is 4.12. The van der Waals surface area contributed by atoms with E-state index in [2.05, 4.69) is 0 Å². The number of hydrogen-bond acceptors (Lipinski definition) is 5. The highest BCUT2D eigenvalue weighted by atomic mass is 16.5. The summed E-state index contributed by atoms with van der Waals surface area (Å²) in [6.45, 7) is 4.00. The summed E-state index contributed by atoms with van der Waals surface area (Å²) in [5.74, 6) is -1.72. The molecule has 23 heavy (non-hydrogen) atoms. The van der Waals surface area contributed by atoms with Crippen LogP contribution in [0.4, 0.5) is 0 Å². The summed E-state index contributed by atoms with van der Waals surface area (Å²) in [6, 6.07) is 7.53. The van der Waals surface area contributed by atoms with Crippen molar-refractivity contribution < 1.29 is 24.2 Å². The van der Waals surface area contributed by atoms with Gasteiger partial charge in [-0.1, -0.05) is 29.8 Å². The van der Waals surface area contributed by atoms with Gasteiger partial charge in [-0.05, 0) is 25.0 Å². The van der Waals surface area contributed by atoms with Gasteiger partial charge in [0.15, 0.2) is 0 Å². The van der Waals surface area contributed by atoms with E-state index in [4.69, 9.17) is 9.47 Å². The predicted molar refractivity (Wildman–Crippen MR) is 82.8 cm³/mol. The number of carbonyl (C=O) groups is 2. The van der Waals surface area contributed by atoms with E-state index < -0.39 is 17.9 Å². The zero-order chi connectivity index (χ0) is 16.6. The molecule has 1 N–H and O–H groups in total. The third kappa shape index (κ3) is 2.63. The van der Waals surface area contributed by atoms with Crippen molar-refractivity contribution in [2.45, 2.75) is 26.2 Å². The Balaban J connectivity index is 2.15. The van der Waals surface area contributed by atoms with E-state index in [0.717, 1.165) is 16.7 Å². The van der Waals surface area contributed by atoms with E-state index in [0.29, 0.717) is 5.57 Å². The number of rotatable bonds is 3. The molecule has 2 aliphatic rings. The maximum atomic E-state index is 12.4. The maximum Gasteiger partial charge on any atom is 0.338 e. The molecule has 0 fully saturated rings. The molecule has 0 saturated heterocycles.